The molecule has 1 aliphatic rings. The fraction of sp³-hybridized carbons (Fsp3) is 0.368. The average Bonchev–Trinajstić information content (AvgIpc) is 2.90. The van der Waals surface area contributed by atoms with Crippen LogP contribution in [0.1, 0.15) is 47.6 Å². The Balaban J connectivity index is 1.99. The second kappa shape index (κ2) is 5.80. The number of aryl methyl sites for hydroxylation is 2. The first-order valence-corrected chi connectivity index (χ1v) is 7.68. The third-order valence-corrected chi connectivity index (χ3v) is 4.53. The first kappa shape index (κ1) is 13.4. The van der Waals surface area contributed by atoms with Gasteiger partial charge in [-0.1, -0.05) is 55.5 Å². The number of benzene rings is 2. The number of fused-ring (bicyclic) bond motifs is 1. The van der Waals surface area contributed by atoms with Crippen LogP contribution in [0.3, 0.4) is 0 Å². The van der Waals surface area contributed by atoms with Gasteiger partial charge in [0.15, 0.2) is 0 Å². The summed E-state index contributed by atoms with van der Waals surface area (Å²) in [6.45, 7) is 5.43. The molecule has 1 N–H and O–H groups in total. The molecule has 0 bridgehead atoms. The molecule has 0 spiro atoms. The largest absolute Gasteiger partial charge is 0.310 e. The highest BCUT2D eigenvalue weighted by Gasteiger charge is 2.30. The Morgan fingerprint density at radius 1 is 1.10 bits per heavy atom. The maximum Gasteiger partial charge on any atom is 0.0392 e. The molecule has 3 rings (SSSR count). The summed E-state index contributed by atoms with van der Waals surface area (Å²) in [5.74, 6) is 0.604. The summed E-state index contributed by atoms with van der Waals surface area (Å²) < 4.78 is 0. The molecule has 0 saturated heterocycles. The van der Waals surface area contributed by atoms with Gasteiger partial charge in [0, 0.05) is 12.0 Å². The van der Waals surface area contributed by atoms with Gasteiger partial charge in [-0.05, 0) is 48.6 Å². The Labute approximate surface area is 122 Å². The molecular formula is C19H23N. The Kier molecular flexibility index (Phi) is 3.88. The summed E-state index contributed by atoms with van der Waals surface area (Å²) in [4.78, 5) is 0. The van der Waals surface area contributed by atoms with Gasteiger partial charge in [-0.2, -0.15) is 0 Å². The van der Waals surface area contributed by atoms with Crippen molar-refractivity contribution < 1.29 is 0 Å². The van der Waals surface area contributed by atoms with E-state index in [0.717, 1.165) is 6.54 Å². The van der Waals surface area contributed by atoms with Crippen molar-refractivity contribution in [1.29, 1.82) is 0 Å². The van der Waals surface area contributed by atoms with Gasteiger partial charge in [0.25, 0.3) is 0 Å². The van der Waals surface area contributed by atoms with Crippen LogP contribution in [0.15, 0.2) is 48.5 Å². The van der Waals surface area contributed by atoms with Crippen LogP contribution in [0.2, 0.25) is 0 Å². The lowest BCUT2D eigenvalue weighted by molar-refractivity contribution is 0.451. The SMILES string of the molecule is CCNC(c1ccccc1C)C1CCc2ccccc21. The molecule has 104 valence electrons. The molecule has 1 heteroatoms. The van der Waals surface area contributed by atoms with Crippen molar-refractivity contribution in [3.8, 4) is 0 Å². The average molecular weight is 265 g/mol. The molecule has 0 aliphatic heterocycles. The minimum atomic E-state index is 0.435. The summed E-state index contributed by atoms with van der Waals surface area (Å²) >= 11 is 0. The molecule has 0 aromatic heterocycles. The molecular weight excluding hydrogens is 242 g/mol. The number of hydrogen-bond acceptors (Lipinski definition) is 1. The molecule has 2 aromatic rings. The van der Waals surface area contributed by atoms with Gasteiger partial charge in [-0.25, -0.2) is 0 Å². The summed E-state index contributed by atoms with van der Waals surface area (Å²) in [6.07, 6.45) is 2.47. The lowest BCUT2D eigenvalue weighted by atomic mass is 9.86. The maximum atomic E-state index is 3.72. The molecule has 0 radical (unpaired) electrons. The Morgan fingerprint density at radius 2 is 1.85 bits per heavy atom. The summed E-state index contributed by atoms with van der Waals surface area (Å²) in [7, 11) is 0. The van der Waals surface area contributed by atoms with Crippen molar-refractivity contribution >= 4 is 0 Å². The highest BCUT2D eigenvalue weighted by Crippen LogP contribution is 2.42. The van der Waals surface area contributed by atoms with Gasteiger partial charge in [0.2, 0.25) is 0 Å². The number of hydrogen-bond donors (Lipinski definition) is 1. The number of nitrogens with one attached hydrogen (secondary N) is 1. The predicted octanol–water partition coefficient (Wildman–Crippen LogP) is 4.38. The van der Waals surface area contributed by atoms with Crippen molar-refractivity contribution in [2.45, 2.75) is 38.6 Å². The van der Waals surface area contributed by atoms with Crippen LogP contribution in [0.5, 0.6) is 0 Å². The molecule has 1 aliphatic carbocycles. The number of rotatable bonds is 4. The van der Waals surface area contributed by atoms with E-state index in [1.54, 1.807) is 5.56 Å². The van der Waals surface area contributed by atoms with E-state index in [1.807, 2.05) is 0 Å². The minimum Gasteiger partial charge on any atom is -0.310 e. The van der Waals surface area contributed by atoms with Crippen LogP contribution in [-0.2, 0) is 6.42 Å². The van der Waals surface area contributed by atoms with Crippen LogP contribution in [0, 0.1) is 6.92 Å². The van der Waals surface area contributed by atoms with Gasteiger partial charge < -0.3 is 5.32 Å². The minimum absolute atomic E-state index is 0.435. The van der Waals surface area contributed by atoms with E-state index in [-0.39, 0.29) is 0 Å². The van der Waals surface area contributed by atoms with Crippen molar-refractivity contribution in [2.24, 2.45) is 0 Å². The highest BCUT2D eigenvalue weighted by molar-refractivity contribution is 5.40. The van der Waals surface area contributed by atoms with Gasteiger partial charge in [-0.3, -0.25) is 0 Å². The lowest BCUT2D eigenvalue weighted by Crippen LogP contribution is -2.26. The molecule has 1 nitrogen and oxygen atoms in total. The van der Waals surface area contributed by atoms with Crippen LogP contribution < -0.4 is 5.32 Å². The first-order chi connectivity index (χ1) is 9.81. The maximum absolute atomic E-state index is 3.72. The van der Waals surface area contributed by atoms with Crippen LogP contribution in [0.4, 0.5) is 0 Å². The summed E-state index contributed by atoms with van der Waals surface area (Å²) in [5, 5.41) is 3.72. The second-order valence-corrected chi connectivity index (χ2v) is 5.74. The molecule has 0 heterocycles. The zero-order chi connectivity index (χ0) is 13.9. The van der Waals surface area contributed by atoms with E-state index < -0.39 is 0 Å². The van der Waals surface area contributed by atoms with E-state index in [9.17, 15) is 0 Å². The van der Waals surface area contributed by atoms with E-state index in [4.69, 9.17) is 0 Å². The fourth-order valence-corrected chi connectivity index (χ4v) is 3.56. The van der Waals surface area contributed by atoms with Crippen LogP contribution >= 0.6 is 0 Å². The molecule has 0 amide bonds. The Morgan fingerprint density at radius 3 is 2.65 bits per heavy atom. The molecule has 20 heavy (non-hydrogen) atoms. The van der Waals surface area contributed by atoms with E-state index in [1.165, 1.54) is 29.5 Å². The Hall–Kier alpha value is -1.60. The van der Waals surface area contributed by atoms with E-state index in [0.29, 0.717) is 12.0 Å². The molecule has 0 fully saturated rings. The normalized spacial score (nSPS) is 18.8. The van der Waals surface area contributed by atoms with Gasteiger partial charge in [-0.15, -0.1) is 0 Å². The second-order valence-electron chi connectivity index (χ2n) is 5.74. The summed E-state index contributed by atoms with van der Waals surface area (Å²) in [6, 6.07) is 18.2. The van der Waals surface area contributed by atoms with Crippen LogP contribution in [0.25, 0.3) is 0 Å². The van der Waals surface area contributed by atoms with Crippen LogP contribution in [-0.4, -0.2) is 6.54 Å². The van der Waals surface area contributed by atoms with Crippen molar-refractivity contribution in [3.05, 3.63) is 70.8 Å². The molecule has 2 unspecified atom stereocenters. The van der Waals surface area contributed by atoms with E-state index in [2.05, 4.69) is 67.7 Å². The summed E-state index contributed by atoms with van der Waals surface area (Å²) in [5.41, 5.74) is 5.93. The molecule has 2 aromatic carbocycles. The molecule has 0 saturated carbocycles. The van der Waals surface area contributed by atoms with Crippen molar-refractivity contribution in [3.63, 3.8) is 0 Å². The first-order valence-electron chi connectivity index (χ1n) is 7.68. The lowest BCUT2D eigenvalue weighted by Gasteiger charge is -2.27. The predicted molar refractivity (Wildman–Crippen MR) is 85.1 cm³/mol. The standard InChI is InChI=1S/C19H23N/c1-3-20-19(16-10-6-4-8-14(16)2)18-13-12-15-9-5-7-11-17(15)18/h4-11,18-20H,3,12-13H2,1-2H3. The third kappa shape index (κ3) is 2.38. The topological polar surface area (TPSA) is 12.0 Å². The van der Waals surface area contributed by atoms with Crippen molar-refractivity contribution in [1.82, 2.24) is 5.32 Å². The number of likely N-dealkylation sites (N-methyl/N-ethyl adjacent to an activating group) is 1. The Bertz CT molecular complexity index is 588. The zero-order valence-corrected chi connectivity index (χ0v) is 12.4. The van der Waals surface area contributed by atoms with Gasteiger partial charge >= 0.3 is 0 Å². The van der Waals surface area contributed by atoms with Crippen molar-refractivity contribution in [2.75, 3.05) is 6.54 Å². The van der Waals surface area contributed by atoms with Gasteiger partial charge in [0.1, 0.15) is 0 Å². The highest BCUT2D eigenvalue weighted by atomic mass is 14.9. The monoisotopic (exact) mass is 265 g/mol. The van der Waals surface area contributed by atoms with E-state index >= 15 is 0 Å². The zero-order valence-electron chi connectivity index (χ0n) is 12.4. The molecule has 2 atom stereocenters. The third-order valence-electron chi connectivity index (χ3n) is 4.53. The van der Waals surface area contributed by atoms with Gasteiger partial charge in [0.05, 0.1) is 0 Å². The fourth-order valence-electron chi connectivity index (χ4n) is 3.56. The smallest absolute Gasteiger partial charge is 0.0392 e. The quantitative estimate of drug-likeness (QED) is 0.865.